The Morgan fingerprint density at radius 3 is 2.45 bits per heavy atom. The molecule has 2 aromatic rings. The zero-order valence-corrected chi connectivity index (χ0v) is 17.2. The average molecular weight is 389 g/mol. The van der Waals surface area contributed by atoms with Crippen LogP contribution in [0.5, 0.6) is 0 Å². The number of hydrogen-bond donors (Lipinski definition) is 0. The SMILES string of the molecule is CCN(/C=C(/C#N)C(=O)N1CCN(Cc2ccccc2)CC1)c1cccc(C)c1. The van der Waals surface area contributed by atoms with E-state index in [1.54, 1.807) is 11.1 Å². The van der Waals surface area contributed by atoms with Crippen molar-refractivity contribution in [1.29, 1.82) is 5.26 Å². The zero-order chi connectivity index (χ0) is 20.6. The predicted molar refractivity (Wildman–Crippen MR) is 116 cm³/mol. The first-order chi connectivity index (χ1) is 14.1. The molecule has 0 saturated carbocycles. The van der Waals surface area contributed by atoms with Crippen molar-refractivity contribution in [3.8, 4) is 6.07 Å². The van der Waals surface area contributed by atoms with Gasteiger partial charge in [0.1, 0.15) is 11.6 Å². The van der Waals surface area contributed by atoms with E-state index in [0.29, 0.717) is 19.6 Å². The lowest BCUT2D eigenvalue weighted by molar-refractivity contribution is -0.128. The summed E-state index contributed by atoms with van der Waals surface area (Å²) in [4.78, 5) is 19.0. The molecule has 0 unspecified atom stereocenters. The second-order valence-electron chi connectivity index (χ2n) is 7.33. The quantitative estimate of drug-likeness (QED) is 0.561. The van der Waals surface area contributed by atoms with Crippen molar-refractivity contribution in [3.05, 3.63) is 77.5 Å². The molecule has 1 aliphatic heterocycles. The van der Waals surface area contributed by atoms with Gasteiger partial charge in [0.05, 0.1) is 0 Å². The van der Waals surface area contributed by atoms with E-state index in [1.165, 1.54) is 5.56 Å². The molecule has 0 atom stereocenters. The van der Waals surface area contributed by atoms with Gasteiger partial charge in [-0.05, 0) is 37.1 Å². The summed E-state index contributed by atoms with van der Waals surface area (Å²) < 4.78 is 0. The number of benzene rings is 2. The van der Waals surface area contributed by atoms with Crippen molar-refractivity contribution in [2.75, 3.05) is 37.6 Å². The second-order valence-corrected chi connectivity index (χ2v) is 7.33. The molecular formula is C24H28N4O. The van der Waals surface area contributed by atoms with Crippen LogP contribution in [-0.2, 0) is 11.3 Å². The van der Waals surface area contributed by atoms with E-state index in [4.69, 9.17) is 0 Å². The van der Waals surface area contributed by atoms with Gasteiger partial charge in [0.15, 0.2) is 0 Å². The van der Waals surface area contributed by atoms with Gasteiger partial charge < -0.3 is 9.80 Å². The molecule has 5 heteroatoms. The maximum atomic E-state index is 12.9. The first-order valence-electron chi connectivity index (χ1n) is 10.1. The summed E-state index contributed by atoms with van der Waals surface area (Å²) in [5, 5.41) is 9.62. The summed E-state index contributed by atoms with van der Waals surface area (Å²) in [6.07, 6.45) is 1.69. The summed E-state index contributed by atoms with van der Waals surface area (Å²) in [7, 11) is 0. The second kappa shape index (κ2) is 9.90. The molecule has 1 heterocycles. The molecule has 0 spiro atoms. The van der Waals surface area contributed by atoms with Gasteiger partial charge in [0.25, 0.3) is 5.91 Å². The number of nitriles is 1. The van der Waals surface area contributed by atoms with Crippen LogP contribution in [-0.4, -0.2) is 48.4 Å². The molecule has 0 N–H and O–H groups in total. The first-order valence-corrected chi connectivity index (χ1v) is 10.1. The highest BCUT2D eigenvalue weighted by Gasteiger charge is 2.24. The van der Waals surface area contributed by atoms with E-state index in [9.17, 15) is 10.1 Å². The van der Waals surface area contributed by atoms with Crippen molar-refractivity contribution in [1.82, 2.24) is 9.80 Å². The van der Waals surface area contributed by atoms with Crippen molar-refractivity contribution in [2.45, 2.75) is 20.4 Å². The van der Waals surface area contributed by atoms with Crippen LogP contribution in [0.15, 0.2) is 66.4 Å². The molecule has 0 aromatic heterocycles. The molecule has 1 saturated heterocycles. The maximum absolute atomic E-state index is 12.9. The number of amides is 1. The molecular weight excluding hydrogens is 360 g/mol. The van der Waals surface area contributed by atoms with Crippen molar-refractivity contribution in [2.24, 2.45) is 0 Å². The van der Waals surface area contributed by atoms with E-state index < -0.39 is 0 Å². The number of carbonyl (C=O) groups excluding carboxylic acids is 1. The van der Waals surface area contributed by atoms with Crippen LogP contribution in [0.1, 0.15) is 18.1 Å². The third-order valence-corrected chi connectivity index (χ3v) is 5.22. The van der Waals surface area contributed by atoms with E-state index in [0.717, 1.165) is 30.9 Å². The molecule has 0 bridgehead atoms. The standard InChI is InChI=1S/C24H28N4O/c1-3-27(23-11-7-8-20(2)16-23)19-22(17-25)24(29)28-14-12-26(13-15-28)18-21-9-5-4-6-10-21/h4-11,16,19H,3,12-15,18H2,1-2H3/b22-19-. The van der Waals surface area contributed by atoms with Crippen molar-refractivity contribution < 1.29 is 4.79 Å². The van der Waals surface area contributed by atoms with Gasteiger partial charge in [-0.2, -0.15) is 5.26 Å². The van der Waals surface area contributed by atoms with Crippen LogP contribution in [0.2, 0.25) is 0 Å². The Hall–Kier alpha value is -3.10. The predicted octanol–water partition coefficient (Wildman–Crippen LogP) is 3.57. The summed E-state index contributed by atoms with van der Waals surface area (Å²) >= 11 is 0. The number of hydrogen-bond acceptors (Lipinski definition) is 4. The highest BCUT2D eigenvalue weighted by Crippen LogP contribution is 2.18. The lowest BCUT2D eigenvalue weighted by Gasteiger charge is -2.34. The van der Waals surface area contributed by atoms with Crippen LogP contribution in [0, 0.1) is 18.3 Å². The minimum absolute atomic E-state index is 0.182. The average Bonchev–Trinajstić information content (AvgIpc) is 2.75. The smallest absolute Gasteiger partial charge is 0.266 e. The number of piperazine rings is 1. The lowest BCUT2D eigenvalue weighted by Crippen LogP contribution is -2.48. The Bertz CT molecular complexity index is 893. The van der Waals surface area contributed by atoms with Crippen LogP contribution in [0.25, 0.3) is 0 Å². The number of carbonyl (C=O) groups is 1. The van der Waals surface area contributed by atoms with Crippen LogP contribution in [0.3, 0.4) is 0 Å². The molecule has 3 rings (SSSR count). The number of rotatable bonds is 6. The van der Waals surface area contributed by atoms with E-state index >= 15 is 0 Å². The molecule has 2 aromatic carbocycles. The largest absolute Gasteiger partial charge is 0.347 e. The van der Waals surface area contributed by atoms with Gasteiger partial charge in [-0.15, -0.1) is 0 Å². The third-order valence-electron chi connectivity index (χ3n) is 5.22. The normalized spacial score (nSPS) is 15.1. The third kappa shape index (κ3) is 5.46. The fourth-order valence-electron chi connectivity index (χ4n) is 3.56. The Labute approximate surface area is 173 Å². The van der Waals surface area contributed by atoms with Gasteiger partial charge >= 0.3 is 0 Å². The summed E-state index contributed by atoms with van der Waals surface area (Å²) in [6, 6.07) is 20.6. The monoisotopic (exact) mass is 388 g/mol. The summed E-state index contributed by atoms with van der Waals surface area (Å²) in [6.45, 7) is 8.53. The minimum Gasteiger partial charge on any atom is -0.347 e. The number of aryl methyl sites for hydroxylation is 1. The van der Waals surface area contributed by atoms with Gasteiger partial charge in [-0.3, -0.25) is 9.69 Å². The summed E-state index contributed by atoms with van der Waals surface area (Å²) in [5.74, 6) is -0.182. The Balaban J connectivity index is 1.64. The van der Waals surface area contributed by atoms with Crippen LogP contribution < -0.4 is 4.90 Å². The van der Waals surface area contributed by atoms with E-state index in [-0.39, 0.29) is 11.5 Å². The van der Waals surface area contributed by atoms with Crippen molar-refractivity contribution >= 4 is 11.6 Å². The molecule has 1 fully saturated rings. The number of anilines is 1. The Kier molecular flexibility index (Phi) is 7.04. The van der Waals surface area contributed by atoms with Gasteiger partial charge in [-0.25, -0.2) is 0 Å². The first kappa shape index (κ1) is 20.6. The Morgan fingerprint density at radius 1 is 1.10 bits per heavy atom. The molecule has 5 nitrogen and oxygen atoms in total. The van der Waals surface area contributed by atoms with E-state index in [2.05, 4.69) is 29.2 Å². The van der Waals surface area contributed by atoms with E-state index in [1.807, 2.05) is 55.1 Å². The molecule has 150 valence electrons. The fourth-order valence-corrected chi connectivity index (χ4v) is 3.56. The molecule has 0 radical (unpaired) electrons. The van der Waals surface area contributed by atoms with Crippen LogP contribution >= 0.6 is 0 Å². The highest BCUT2D eigenvalue weighted by molar-refractivity contribution is 5.97. The molecule has 1 aliphatic rings. The molecule has 0 aliphatic carbocycles. The zero-order valence-electron chi connectivity index (χ0n) is 17.2. The summed E-state index contributed by atoms with van der Waals surface area (Å²) in [5.41, 5.74) is 3.60. The van der Waals surface area contributed by atoms with Gasteiger partial charge in [-0.1, -0.05) is 42.5 Å². The fraction of sp³-hybridized carbons (Fsp3) is 0.333. The molecule has 29 heavy (non-hydrogen) atoms. The van der Waals surface area contributed by atoms with Gasteiger partial charge in [0.2, 0.25) is 0 Å². The van der Waals surface area contributed by atoms with Crippen LogP contribution in [0.4, 0.5) is 5.69 Å². The minimum atomic E-state index is -0.182. The van der Waals surface area contributed by atoms with Gasteiger partial charge in [0, 0.05) is 51.2 Å². The maximum Gasteiger partial charge on any atom is 0.266 e. The number of nitrogens with zero attached hydrogens (tertiary/aromatic N) is 4. The molecule has 1 amide bonds. The van der Waals surface area contributed by atoms with Crippen molar-refractivity contribution in [3.63, 3.8) is 0 Å². The Morgan fingerprint density at radius 2 is 1.83 bits per heavy atom. The highest BCUT2D eigenvalue weighted by atomic mass is 16.2. The topological polar surface area (TPSA) is 50.6 Å². The lowest BCUT2D eigenvalue weighted by atomic mass is 10.1.